The summed E-state index contributed by atoms with van der Waals surface area (Å²) >= 11 is 0. The van der Waals surface area contributed by atoms with Gasteiger partial charge in [-0.2, -0.15) is 8.78 Å². The molecule has 3 rings (SSSR count). The summed E-state index contributed by atoms with van der Waals surface area (Å²) in [6.07, 6.45) is -1.97. The lowest BCUT2D eigenvalue weighted by Crippen LogP contribution is -2.18. The van der Waals surface area contributed by atoms with Gasteiger partial charge in [0.05, 0.1) is 0 Å². The Labute approximate surface area is 154 Å². The van der Waals surface area contributed by atoms with Crippen LogP contribution in [-0.4, -0.2) is 21.2 Å². The van der Waals surface area contributed by atoms with Crippen LogP contribution in [0, 0.1) is 0 Å². The maximum Gasteiger partial charge on any atom is 0.394 e. The molecule has 0 fully saturated rings. The van der Waals surface area contributed by atoms with Crippen LogP contribution >= 0.6 is 0 Å². The maximum absolute atomic E-state index is 12.9. The highest BCUT2D eigenvalue weighted by molar-refractivity contribution is 5.74. The molecule has 6 nitrogen and oxygen atoms in total. The van der Waals surface area contributed by atoms with E-state index in [9.17, 15) is 13.9 Å². The number of ether oxygens (including phenoxy) is 1. The minimum Gasteiger partial charge on any atom is -0.503 e. The van der Waals surface area contributed by atoms with Crippen molar-refractivity contribution in [3.8, 4) is 22.8 Å². The first-order valence-corrected chi connectivity index (χ1v) is 8.13. The predicted octanol–water partition coefficient (Wildman–Crippen LogP) is 4.04. The van der Waals surface area contributed by atoms with E-state index in [0.717, 1.165) is 11.3 Å². The second-order valence-corrected chi connectivity index (χ2v) is 5.88. The van der Waals surface area contributed by atoms with Crippen molar-refractivity contribution < 1.29 is 18.6 Å². The number of hydrogen-bond donors (Lipinski definition) is 3. The number of rotatable bonds is 6. The van der Waals surface area contributed by atoms with Crippen molar-refractivity contribution in [2.45, 2.75) is 19.6 Å². The van der Waals surface area contributed by atoms with Crippen LogP contribution in [0.1, 0.15) is 12.5 Å². The van der Waals surface area contributed by atoms with Crippen LogP contribution in [0.15, 0.2) is 54.9 Å². The number of nitrogens with two attached hydrogens (primary N) is 1. The van der Waals surface area contributed by atoms with Crippen molar-refractivity contribution in [1.29, 1.82) is 0 Å². The number of anilines is 2. The molecule has 0 saturated heterocycles. The van der Waals surface area contributed by atoms with E-state index >= 15 is 0 Å². The van der Waals surface area contributed by atoms with Crippen molar-refractivity contribution >= 4 is 11.5 Å². The quantitative estimate of drug-likeness (QED) is 0.605. The van der Waals surface area contributed by atoms with E-state index in [0.29, 0.717) is 19.0 Å². The Morgan fingerprint density at radius 3 is 2.33 bits per heavy atom. The zero-order chi connectivity index (χ0) is 19.4. The Hall–Kier alpha value is -3.26. The molecule has 0 bridgehead atoms. The van der Waals surface area contributed by atoms with Gasteiger partial charge in [0.2, 0.25) is 0 Å². The highest BCUT2D eigenvalue weighted by Gasteiger charge is 2.23. The van der Waals surface area contributed by atoms with Gasteiger partial charge >= 0.3 is 6.11 Å². The van der Waals surface area contributed by atoms with Crippen LogP contribution in [0.4, 0.5) is 20.3 Å². The Kier molecular flexibility index (Phi) is 5.18. The maximum atomic E-state index is 12.9. The smallest absolute Gasteiger partial charge is 0.394 e. The number of benzene rings is 2. The third-order valence-electron chi connectivity index (χ3n) is 3.70. The van der Waals surface area contributed by atoms with Gasteiger partial charge in [-0.05, 0) is 42.0 Å². The summed E-state index contributed by atoms with van der Waals surface area (Å²) in [6, 6.07) is 13.2. The lowest BCUT2D eigenvalue weighted by molar-refractivity contribution is -0.158. The van der Waals surface area contributed by atoms with E-state index in [1.165, 1.54) is 30.6 Å². The van der Waals surface area contributed by atoms with Crippen LogP contribution in [-0.2, 0) is 6.54 Å². The highest BCUT2D eigenvalue weighted by Crippen LogP contribution is 2.34. The number of hydrogen-bond acceptors (Lipinski definition) is 6. The van der Waals surface area contributed by atoms with Crippen molar-refractivity contribution in [1.82, 2.24) is 9.97 Å². The van der Waals surface area contributed by atoms with Gasteiger partial charge in [0.25, 0.3) is 0 Å². The third kappa shape index (κ3) is 4.68. The van der Waals surface area contributed by atoms with E-state index in [-0.39, 0.29) is 23.0 Å². The van der Waals surface area contributed by atoms with Gasteiger partial charge in [-0.25, -0.2) is 9.97 Å². The molecular weight excluding hydrogens is 354 g/mol. The first-order chi connectivity index (χ1) is 12.9. The topological polar surface area (TPSA) is 93.3 Å². The summed E-state index contributed by atoms with van der Waals surface area (Å²) < 4.78 is 30.3. The predicted molar refractivity (Wildman–Crippen MR) is 98.0 cm³/mol. The molecule has 0 amide bonds. The van der Waals surface area contributed by atoms with Crippen LogP contribution in [0.3, 0.4) is 0 Å². The molecular formula is C19H18F2N4O2. The summed E-state index contributed by atoms with van der Waals surface area (Å²) in [5.74, 6) is 0.0777. The molecule has 8 heteroatoms. The number of nitrogens with one attached hydrogen (secondary N) is 1. The van der Waals surface area contributed by atoms with Crippen LogP contribution in [0.2, 0.25) is 0 Å². The first kappa shape index (κ1) is 18.5. The van der Waals surface area contributed by atoms with Crippen molar-refractivity contribution in [3.63, 3.8) is 0 Å². The molecule has 0 atom stereocenters. The third-order valence-corrected chi connectivity index (χ3v) is 3.70. The van der Waals surface area contributed by atoms with Gasteiger partial charge in [0, 0.05) is 24.7 Å². The fraction of sp³-hybridized carbons (Fsp3) is 0.158. The fourth-order valence-corrected chi connectivity index (χ4v) is 2.43. The molecule has 1 heterocycles. The Morgan fingerprint density at radius 2 is 1.74 bits per heavy atom. The van der Waals surface area contributed by atoms with E-state index < -0.39 is 6.11 Å². The second kappa shape index (κ2) is 7.55. The second-order valence-electron chi connectivity index (χ2n) is 5.88. The normalized spacial score (nSPS) is 11.3. The van der Waals surface area contributed by atoms with Crippen molar-refractivity contribution in [2.24, 2.45) is 5.73 Å². The number of nitrogens with zero attached hydrogens (tertiary/aromatic N) is 2. The number of aromatic hydroxyl groups is 1. The Balaban J connectivity index is 1.83. The fourth-order valence-electron chi connectivity index (χ4n) is 2.43. The molecule has 2 aromatic carbocycles. The van der Waals surface area contributed by atoms with E-state index in [1.807, 2.05) is 24.3 Å². The van der Waals surface area contributed by atoms with E-state index in [1.54, 1.807) is 0 Å². The van der Waals surface area contributed by atoms with Gasteiger partial charge < -0.3 is 20.9 Å². The Morgan fingerprint density at radius 1 is 1.07 bits per heavy atom. The molecule has 0 aliphatic heterocycles. The van der Waals surface area contributed by atoms with Crippen LogP contribution < -0.4 is 15.8 Å². The summed E-state index contributed by atoms with van der Waals surface area (Å²) in [6.45, 7) is 1.10. The van der Waals surface area contributed by atoms with Gasteiger partial charge in [-0.15, -0.1) is 0 Å². The minimum atomic E-state index is -3.27. The SMILES string of the molecule is CC(F)(F)Oc1ccc(-c2ncnc(Nc3ccc(CN)cc3)c2O)cc1. The molecule has 140 valence electrons. The average Bonchev–Trinajstić information content (AvgIpc) is 2.64. The zero-order valence-corrected chi connectivity index (χ0v) is 14.5. The molecule has 27 heavy (non-hydrogen) atoms. The van der Waals surface area contributed by atoms with E-state index in [4.69, 9.17) is 5.73 Å². The molecule has 1 aromatic heterocycles. The molecule has 3 aromatic rings. The number of aromatic nitrogens is 2. The van der Waals surface area contributed by atoms with E-state index in [2.05, 4.69) is 20.0 Å². The van der Waals surface area contributed by atoms with Crippen LogP contribution in [0.5, 0.6) is 11.5 Å². The van der Waals surface area contributed by atoms with Crippen molar-refractivity contribution in [3.05, 3.63) is 60.4 Å². The minimum absolute atomic E-state index is 0.0122. The number of alkyl halides is 2. The average molecular weight is 372 g/mol. The molecule has 0 unspecified atom stereocenters. The summed E-state index contributed by atoms with van der Waals surface area (Å²) in [5.41, 5.74) is 8.07. The zero-order valence-electron chi connectivity index (χ0n) is 14.5. The summed E-state index contributed by atoms with van der Waals surface area (Å²) in [7, 11) is 0. The lowest BCUT2D eigenvalue weighted by atomic mass is 10.1. The van der Waals surface area contributed by atoms with Crippen LogP contribution in [0.25, 0.3) is 11.3 Å². The summed E-state index contributed by atoms with van der Waals surface area (Å²) in [5, 5.41) is 13.5. The highest BCUT2D eigenvalue weighted by atomic mass is 19.3. The largest absolute Gasteiger partial charge is 0.503 e. The lowest BCUT2D eigenvalue weighted by Gasteiger charge is -2.14. The van der Waals surface area contributed by atoms with Crippen molar-refractivity contribution in [2.75, 3.05) is 5.32 Å². The molecule has 0 saturated carbocycles. The molecule has 0 radical (unpaired) electrons. The number of halogens is 2. The molecule has 0 spiro atoms. The monoisotopic (exact) mass is 372 g/mol. The standard InChI is InChI=1S/C19H18F2N4O2/c1-19(20,21)27-15-8-4-13(5-9-15)16-17(26)18(24-11-23-16)25-14-6-2-12(10-22)3-7-14/h2-9,11,26H,10,22H2,1H3,(H,23,24,25). The first-order valence-electron chi connectivity index (χ1n) is 8.13. The molecule has 4 N–H and O–H groups in total. The van der Waals surface area contributed by atoms with Gasteiger partial charge in [0.1, 0.15) is 17.8 Å². The Bertz CT molecular complexity index is 910. The molecule has 0 aliphatic rings. The van der Waals surface area contributed by atoms with Gasteiger partial charge in [-0.3, -0.25) is 0 Å². The van der Waals surface area contributed by atoms with Gasteiger partial charge in [0.15, 0.2) is 11.6 Å². The summed E-state index contributed by atoms with van der Waals surface area (Å²) in [4.78, 5) is 8.12. The molecule has 0 aliphatic carbocycles. The van der Waals surface area contributed by atoms with Gasteiger partial charge in [-0.1, -0.05) is 12.1 Å².